The van der Waals surface area contributed by atoms with Gasteiger partial charge in [-0.3, -0.25) is 4.79 Å². The Morgan fingerprint density at radius 2 is 1.86 bits per heavy atom. The van der Waals surface area contributed by atoms with Gasteiger partial charge >= 0.3 is 0 Å². The molecule has 21 heavy (non-hydrogen) atoms. The van der Waals surface area contributed by atoms with Gasteiger partial charge in [-0.25, -0.2) is 0 Å². The lowest BCUT2D eigenvalue weighted by Gasteiger charge is -2.27. The third-order valence-corrected chi connectivity index (χ3v) is 3.71. The van der Waals surface area contributed by atoms with E-state index in [2.05, 4.69) is 38.2 Å². The highest BCUT2D eigenvalue weighted by Gasteiger charge is 2.23. The first-order valence-electron chi connectivity index (χ1n) is 7.10. The molecule has 0 aliphatic carbocycles. The Kier molecular flexibility index (Phi) is 4.32. The summed E-state index contributed by atoms with van der Waals surface area (Å²) in [6.45, 7) is 6.94. The van der Waals surface area contributed by atoms with Crippen molar-refractivity contribution in [3.63, 3.8) is 0 Å². The van der Waals surface area contributed by atoms with E-state index in [1.54, 1.807) is 24.3 Å². The van der Waals surface area contributed by atoms with E-state index < -0.39 is 0 Å². The number of nitrogen functional groups attached to an aromatic ring is 1. The van der Waals surface area contributed by atoms with Crippen LogP contribution in [0.4, 0.5) is 5.69 Å². The lowest BCUT2D eigenvalue weighted by Crippen LogP contribution is -2.37. The van der Waals surface area contributed by atoms with E-state index in [1.807, 2.05) is 12.1 Å². The van der Waals surface area contributed by atoms with Crippen LogP contribution in [0.15, 0.2) is 48.5 Å². The molecular weight excluding hydrogens is 260 g/mol. The average Bonchev–Trinajstić information content (AvgIpc) is 2.45. The first kappa shape index (κ1) is 15.1. The van der Waals surface area contributed by atoms with Crippen molar-refractivity contribution >= 4 is 11.6 Å². The zero-order chi connectivity index (χ0) is 15.5. The molecule has 2 aromatic rings. The highest BCUT2D eigenvalue weighted by atomic mass is 16.1. The molecule has 0 atom stereocenters. The molecule has 3 nitrogen and oxygen atoms in total. The Hall–Kier alpha value is -2.29. The summed E-state index contributed by atoms with van der Waals surface area (Å²) in [5.74, 6) is -0.0936. The van der Waals surface area contributed by atoms with Gasteiger partial charge in [-0.2, -0.15) is 0 Å². The van der Waals surface area contributed by atoms with Crippen molar-refractivity contribution in [2.75, 3.05) is 12.3 Å². The molecule has 2 rings (SSSR count). The van der Waals surface area contributed by atoms with Crippen molar-refractivity contribution in [3.8, 4) is 0 Å². The summed E-state index contributed by atoms with van der Waals surface area (Å²) in [5, 5.41) is 3.00. The zero-order valence-electron chi connectivity index (χ0n) is 12.8. The van der Waals surface area contributed by atoms with Crippen LogP contribution in [0.2, 0.25) is 0 Å². The van der Waals surface area contributed by atoms with Crippen molar-refractivity contribution in [2.45, 2.75) is 26.2 Å². The molecule has 2 aromatic carbocycles. The van der Waals surface area contributed by atoms with Crippen LogP contribution < -0.4 is 11.1 Å². The van der Waals surface area contributed by atoms with Gasteiger partial charge < -0.3 is 11.1 Å². The number of carbonyl (C=O) groups excluding carboxylic acids is 1. The fourth-order valence-electron chi connectivity index (χ4n) is 2.51. The van der Waals surface area contributed by atoms with Crippen LogP contribution in [0.5, 0.6) is 0 Å². The normalized spacial score (nSPS) is 11.2. The summed E-state index contributed by atoms with van der Waals surface area (Å²) in [6, 6.07) is 15.3. The largest absolute Gasteiger partial charge is 0.399 e. The van der Waals surface area contributed by atoms with E-state index in [0.717, 1.165) is 0 Å². The minimum Gasteiger partial charge on any atom is -0.399 e. The summed E-state index contributed by atoms with van der Waals surface area (Å²) < 4.78 is 0. The van der Waals surface area contributed by atoms with E-state index in [-0.39, 0.29) is 11.3 Å². The molecule has 3 heteroatoms. The van der Waals surface area contributed by atoms with Gasteiger partial charge in [0, 0.05) is 23.2 Å². The molecule has 0 fully saturated rings. The highest BCUT2D eigenvalue weighted by Crippen LogP contribution is 2.25. The van der Waals surface area contributed by atoms with E-state index in [1.165, 1.54) is 11.1 Å². The lowest BCUT2D eigenvalue weighted by molar-refractivity contribution is 0.0945. The van der Waals surface area contributed by atoms with Crippen molar-refractivity contribution in [2.24, 2.45) is 0 Å². The second kappa shape index (κ2) is 6.00. The number of nitrogens with one attached hydrogen (secondary N) is 1. The van der Waals surface area contributed by atoms with Gasteiger partial charge in [-0.05, 0) is 36.2 Å². The van der Waals surface area contributed by atoms with Crippen LogP contribution in [0, 0.1) is 6.92 Å². The molecular formula is C18H22N2O. The van der Waals surface area contributed by atoms with Gasteiger partial charge in [0.05, 0.1) is 0 Å². The Morgan fingerprint density at radius 1 is 1.14 bits per heavy atom. The molecule has 0 aliphatic heterocycles. The van der Waals surface area contributed by atoms with Crippen LogP contribution in [0.3, 0.4) is 0 Å². The molecule has 1 amide bonds. The highest BCUT2D eigenvalue weighted by molar-refractivity contribution is 5.95. The molecule has 0 radical (unpaired) electrons. The maximum atomic E-state index is 12.2. The third kappa shape index (κ3) is 3.63. The number of nitrogens with two attached hydrogens (primary N) is 1. The van der Waals surface area contributed by atoms with Gasteiger partial charge in [-0.15, -0.1) is 0 Å². The van der Waals surface area contributed by atoms with Crippen molar-refractivity contribution in [1.29, 1.82) is 0 Å². The fourth-order valence-corrected chi connectivity index (χ4v) is 2.51. The number of hydrogen-bond donors (Lipinski definition) is 2. The van der Waals surface area contributed by atoms with E-state index in [4.69, 9.17) is 5.73 Å². The minimum atomic E-state index is -0.124. The second-order valence-corrected chi connectivity index (χ2v) is 6.01. The molecule has 3 N–H and O–H groups in total. The van der Waals surface area contributed by atoms with Crippen LogP contribution >= 0.6 is 0 Å². The maximum Gasteiger partial charge on any atom is 0.251 e. The Morgan fingerprint density at radius 3 is 2.52 bits per heavy atom. The number of aryl methyl sites for hydroxylation is 1. The SMILES string of the molecule is Cc1ccccc1C(C)(C)CNC(=O)c1cccc(N)c1. The quantitative estimate of drug-likeness (QED) is 0.845. The first-order chi connectivity index (χ1) is 9.90. The number of rotatable bonds is 4. The predicted molar refractivity (Wildman–Crippen MR) is 87.4 cm³/mol. The maximum absolute atomic E-state index is 12.2. The summed E-state index contributed by atoms with van der Waals surface area (Å²) >= 11 is 0. The van der Waals surface area contributed by atoms with Crippen LogP contribution in [0.25, 0.3) is 0 Å². The number of hydrogen-bond acceptors (Lipinski definition) is 2. The summed E-state index contributed by atoms with van der Waals surface area (Å²) in [5.41, 5.74) is 9.26. The lowest BCUT2D eigenvalue weighted by atomic mass is 9.82. The Bertz CT molecular complexity index is 647. The predicted octanol–water partition coefficient (Wildman–Crippen LogP) is 3.28. The molecule has 110 valence electrons. The number of amides is 1. The molecule has 0 aliphatic rings. The van der Waals surface area contributed by atoms with Crippen LogP contribution in [-0.2, 0) is 5.41 Å². The smallest absolute Gasteiger partial charge is 0.251 e. The standard InChI is InChI=1S/C18H22N2O/c1-13-7-4-5-10-16(13)18(2,3)12-20-17(21)14-8-6-9-15(19)11-14/h4-11H,12,19H2,1-3H3,(H,20,21). The molecule has 0 heterocycles. The zero-order valence-corrected chi connectivity index (χ0v) is 12.8. The number of anilines is 1. The molecule has 0 saturated heterocycles. The fraction of sp³-hybridized carbons (Fsp3) is 0.278. The Labute approximate surface area is 126 Å². The topological polar surface area (TPSA) is 55.1 Å². The second-order valence-electron chi connectivity index (χ2n) is 6.01. The first-order valence-corrected chi connectivity index (χ1v) is 7.10. The molecule has 0 spiro atoms. The van der Waals surface area contributed by atoms with Gasteiger partial charge in [0.15, 0.2) is 0 Å². The van der Waals surface area contributed by atoms with Crippen LogP contribution in [-0.4, -0.2) is 12.5 Å². The van der Waals surface area contributed by atoms with E-state index in [0.29, 0.717) is 17.8 Å². The van der Waals surface area contributed by atoms with Crippen molar-refractivity contribution < 1.29 is 4.79 Å². The molecule has 0 saturated carbocycles. The van der Waals surface area contributed by atoms with Gasteiger partial charge in [0.1, 0.15) is 0 Å². The third-order valence-electron chi connectivity index (χ3n) is 3.71. The van der Waals surface area contributed by atoms with Crippen LogP contribution in [0.1, 0.15) is 35.3 Å². The van der Waals surface area contributed by atoms with E-state index >= 15 is 0 Å². The van der Waals surface area contributed by atoms with Gasteiger partial charge in [0.25, 0.3) is 5.91 Å². The number of carbonyl (C=O) groups is 1. The number of benzene rings is 2. The minimum absolute atomic E-state index is 0.0936. The molecule has 0 bridgehead atoms. The average molecular weight is 282 g/mol. The van der Waals surface area contributed by atoms with Crippen molar-refractivity contribution in [3.05, 3.63) is 65.2 Å². The van der Waals surface area contributed by atoms with Crippen molar-refractivity contribution in [1.82, 2.24) is 5.32 Å². The Balaban J connectivity index is 2.08. The van der Waals surface area contributed by atoms with E-state index in [9.17, 15) is 4.79 Å². The summed E-state index contributed by atoms with van der Waals surface area (Å²) in [4.78, 5) is 12.2. The molecule has 0 aromatic heterocycles. The monoisotopic (exact) mass is 282 g/mol. The van der Waals surface area contributed by atoms with Gasteiger partial charge in [-0.1, -0.05) is 44.2 Å². The summed E-state index contributed by atoms with van der Waals surface area (Å²) in [7, 11) is 0. The molecule has 0 unspecified atom stereocenters. The van der Waals surface area contributed by atoms with Gasteiger partial charge in [0.2, 0.25) is 0 Å². The summed E-state index contributed by atoms with van der Waals surface area (Å²) in [6.07, 6.45) is 0.